The van der Waals surface area contributed by atoms with Crippen LogP contribution in [0.4, 0.5) is 5.82 Å². The number of benzene rings is 1. The number of hydrogen-bond donors (Lipinski definition) is 1. The lowest BCUT2D eigenvalue weighted by atomic mass is 10.2. The Balaban J connectivity index is 1.30. The molecule has 1 aliphatic rings. The van der Waals surface area contributed by atoms with E-state index in [1.807, 2.05) is 48.0 Å². The number of amides is 2. The first-order valence-electron chi connectivity index (χ1n) is 11.7. The van der Waals surface area contributed by atoms with Gasteiger partial charge in [0.05, 0.1) is 12.2 Å². The molecule has 0 radical (unpaired) electrons. The van der Waals surface area contributed by atoms with Crippen LogP contribution in [-0.4, -0.2) is 74.5 Å². The molecule has 4 rings (SSSR count). The van der Waals surface area contributed by atoms with Crippen molar-refractivity contribution in [2.45, 2.75) is 45.3 Å². The van der Waals surface area contributed by atoms with Crippen LogP contribution >= 0.6 is 0 Å². The van der Waals surface area contributed by atoms with Gasteiger partial charge in [0.1, 0.15) is 12.1 Å². The highest BCUT2D eigenvalue weighted by Gasteiger charge is 2.18. The summed E-state index contributed by atoms with van der Waals surface area (Å²) >= 11 is 0. The lowest BCUT2D eigenvalue weighted by Crippen LogP contribution is -2.38. The Morgan fingerprint density at radius 3 is 2.71 bits per heavy atom. The molecular weight excluding hydrogens is 432 g/mol. The molecule has 34 heavy (non-hydrogen) atoms. The zero-order chi connectivity index (χ0) is 23.9. The van der Waals surface area contributed by atoms with Crippen LogP contribution in [0.15, 0.2) is 42.7 Å². The Morgan fingerprint density at radius 1 is 1.21 bits per heavy atom. The van der Waals surface area contributed by atoms with Crippen molar-refractivity contribution in [3.63, 3.8) is 0 Å². The van der Waals surface area contributed by atoms with Crippen LogP contribution in [0, 0.1) is 0 Å². The second kappa shape index (κ2) is 11.1. The fourth-order valence-corrected chi connectivity index (χ4v) is 3.88. The fourth-order valence-electron chi connectivity index (χ4n) is 3.88. The Morgan fingerprint density at radius 2 is 2.00 bits per heavy atom. The summed E-state index contributed by atoms with van der Waals surface area (Å²) in [6.45, 7) is 6.36. The monoisotopic (exact) mass is 464 g/mol. The molecule has 1 N–H and O–H groups in total. The number of aryl methyl sites for hydroxylation is 1. The standard InChI is InChI=1S/C24H32N8O2/c1-19(26-24(34)23-25-17-31(28-23)16-20-7-4-3-5-8-20)9-14-32-22(29(2)18-33)15-21(27-32)10-13-30-11-6-12-30/h3-5,7-8,15,17-19H,6,9-14,16H2,1-2H3,(H,26,34). The Bertz CT molecular complexity index is 1090. The van der Waals surface area contributed by atoms with E-state index >= 15 is 0 Å². The molecular formula is C24H32N8O2. The average Bonchev–Trinajstić information content (AvgIpc) is 3.44. The van der Waals surface area contributed by atoms with Gasteiger partial charge in [-0.1, -0.05) is 30.3 Å². The van der Waals surface area contributed by atoms with Crippen molar-refractivity contribution in [3.8, 4) is 0 Å². The van der Waals surface area contributed by atoms with Crippen LogP contribution in [0.5, 0.6) is 0 Å². The molecule has 1 saturated heterocycles. The first-order valence-corrected chi connectivity index (χ1v) is 11.7. The van der Waals surface area contributed by atoms with Gasteiger partial charge in [-0.3, -0.25) is 9.59 Å². The molecule has 1 atom stereocenters. The van der Waals surface area contributed by atoms with Gasteiger partial charge in [0, 0.05) is 38.7 Å². The maximum Gasteiger partial charge on any atom is 0.291 e. The molecule has 10 nitrogen and oxygen atoms in total. The summed E-state index contributed by atoms with van der Waals surface area (Å²) in [6, 6.07) is 11.8. The highest BCUT2D eigenvalue weighted by Crippen LogP contribution is 2.17. The van der Waals surface area contributed by atoms with E-state index in [4.69, 9.17) is 5.10 Å². The predicted octanol–water partition coefficient (Wildman–Crippen LogP) is 1.57. The van der Waals surface area contributed by atoms with Crippen molar-refractivity contribution < 1.29 is 9.59 Å². The Kier molecular flexibility index (Phi) is 7.69. The molecule has 0 spiro atoms. The van der Waals surface area contributed by atoms with E-state index < -0.39 is 0 Å². The molecule has 10 heteroatoms. The minimum absolute atomic E-state index is 0.114. The van der Waals surface area contributed by atoms with E-state index in [9.17, 15) is 9.59 Å². The highest BCUT2D eigenvalue weighted by atomic mass is 16.2. The minimum Gasteiger partial charge on any atom is -0.347 e. The van der Waals surface area contributed by atoms with E-state index in [1.165, 1.54) is 11.3 Å². The molecule has 180 valence electrons. The van der Waals surface area contributed by atoms with Gasteiger partial charge < -0.3 is 15.1 Å². The summed E-state index contributed by atoms with van der Waals surface area (Å²) in [6.07, 6.45) is 5.13. The minimum atomic E-state index is -0.305. The van der Waals surface area contributed by atoms with Gasteiger partial charge in [-0.25, -0.2) is 14.3 Å². The summed E-state index contributed by atoms with van der Waals surface area (Å²) in [4.78, 5) is 32.0. The van der Waals surface area contributed by atoms with E-state index in [1.54, 1.807) is 18.1 Å². The largest absolute Gasteiger partial charge is 0.347 e. The topological polar surface area (TPSA) is 101 Å². The van der Waals surface area contributed by atoms with Crippen molar-refractivity contribution >= 4 is 18.1 Å². The highest BCUT2D eigenvalue weighted by molar-refractivity contribution is 5.90. The maximum atomic E-state index is 12.6. The third-order valence-electron chi connectivity index (χ3n) is 6.04. The molecule has 1 unspecified atom stereocenters. The summed E-state index contributed by atoms with van der Waals surface area (Å²) in [5.74, 6) is 0.602. The van der Waals surface area contributed by atoms with E-state index in [0.717, 1.165) is 49.5 Å². The van der Waals surface area contributed by atoms with Gasteiger partial charge in [0.2, 0.25) is 12.2 Å². The van der Waals surface area contributed by atoms with E-state index in [0.29, 0.717) is 19.5 Å². The second-order valence-corrected chi connectivity index (χ2v) is 8.79. The zero-order valence-corrected chi connectivity index (χ0v) is 19.8. The lowest BCUT2D eigenvalue weighted by molar-refractivity contribution is -0.107. The number of likely N-dealkylation sites (tertiary alicyclic amines) is 1. The first kappa shape index (κ1) is 23.6. The van der Waals surface area contributed by atoms with Crippen molar-refractivity contribution in [2.75, 3.05) is 31.6 Å². The van der Waals surface area contributed by atoms with Gasteiger partial charge >= 0.3 is 0 Å². The molecule has 2 aromatic heterocycles. The third kappa shape index (κ3) is 6.07. The number of aromatic nitrogens is 5. The quantitative estimate of drug-likeness (QED) is 0.409. The number of carbonyl (C=O) groups is 2. The molecule has 0 bridgehead atoms. The van der Waals surface area contributed by atoms with Crippen LogP contribution < -0.4 is 10.2 Å². The molecule has 0 saturated carbocycles. The normalized spacial score (nSPS) is 14.4. The van der Waals surface area contributed by atoms with Gasteiger partial charge in [0.15, 0.2) is 0 Å². The number of rotatable bonds is 12. The fraction of sp³-hybridized carbons (Fsp3) is 0.458. The molecule has 1 fully saturated rings. The van der Waals surface area contributed by atoms with E-state index in [2.05, 4.69) is 20.3 Å². The first-order chi connectivity index (χ1) is 16.5. The second-order valence-electron chi connectivity index (χ2n) is 8.79. The number of nitrogens with zero attached hydrogens (tertiary/aromatic N) is 7. The maximum absolute atomic E-state index is 12.6. The predicted molar refractivity (Wildman–Crippen MR) is 129 cm³/mol. The third-order valence-corrected chi connectivity index (χ3v) is 6.04. The van der Waals surface area contributed by atoms with Crippen molar-refractivity contribution in [3.05, 3.63) is 59.8 Å². The van der Waals surface area contributed by atoms with E-state index in [-0.39, 0.29) is 17.8 Å². The number of nitrogens with one attached hydrogen (secondary N) is 1. The van der Waals surface area contributed by atoms with Crippen LogP contribution in [-0.2, 0) is 24.3 Å². The van der Waals surface area contributed by atoms with Crippen molar-refractivity contribution in [2.24, 2.45) is 0 Å². The Hall–Kier alpha value is -3.53. The number of anilines is 1. The summed E-state index contributed by atoms with van der Waals surface area (Å²) in [5, 5.41) is 12.0. The summed E-state index contributed by atoms with van der Waals surface area (Å²) in [7, 11) is 1.72. The summed E-state index contributed by atoms with van der Waals surface area (Å²) < 4.78 is 3.50. The summed E-state index contributed by atoms with van der Waals surface area (Å²) in [5.41, 5.74) is 2.06. The zero-order valence-electron chi connectivity index (χ0n) is 19.8. The lowest BCUT2D eigenvalue weighted by Gasteiger charge is -2.30. The van der Waals surface area contributed by atoms with Crippen LogP contribution in [0.3, 0.4) is 0 Å². The van der Waals surface area contributed by atoms with Gasteiger partial charge in [-0.2, -0.15) is 5.10 Å². The molecule has 2 amide bonds. The SMILES string of the molecule is CC(CCn1nc(CCN2CCC2)cc1N(C)C=O)NC(=O)c1ncn(Cc2ccccc2)n1. The van der Waals surface area contributed by atoms with Gasteiger partial charge in [-0.05, 0) is 38.4 Å². The number of carbonyl (C=O) groups excluding carboxylic acids is 2. The molecule has 1 aliphatic heterocycles. The number of hydrogen-bond acceptors (Lipinski definition) is 6. The van der Waals surface area contributed by atoms with Gasteiger partial charge in [0.25, 0.3) is 5.91 Å². The smallest absolute Gasteiger partial charge is 0.291 e. The average molecular weight is 465 g/mol. The van der Waals surface area contributed by atoms with Gasteiger partial charge in [-0.15, -0.1) is 5.10 Å². The molecule has 1 aromatic carbocycles. The van der Waals surface area contributed by atoms with Crippen LogP contribution in [0.2, 0.25) is 0 Å². The van der Waals surface area contributed by atoms with Crippen LogP contribution in [0.25, 0.3) is 0 Å². The molecule has 0 aliphatic carbocycles. The Labute approximate surface area is 199 Å². The molecule has 3 heterocycles. The van der Waals surface area contributed by atoms with Crippen LogP contribution in [0.1, 0.15) is 41.6 Å². The molecule has 3 aromatic rings. The van der Waals surface area contributed by atoms with Crippen molar-refractivity contribution in [1.29, 1.82) is 0 Å². The van der Waals surface area contributed by atoms with Crippen molar-refractivity contribution in [1.82, 2.24) is 34.8 Å².